The first kappa shape index (κ1) is 13.1. The fraction of sp³-hybridized carbons (Fsp3) is 0.500. The van der Waals surface area contributed by atoms with Crippen molar-refractivity contribution in [3.63, 3.8) is 0 Å². The van der Waals surface area contributed by atoms with Crippen molar-refractivity contribution in [2.24, 2.45) is 0 Å². The van der Waals surface area contributed by atoms with Crippen LogP contribution in [0.15, 0.2) is 18.5 Å². The molecule has 1 atom stereocenters. The van der Waals surface area contributed by atoms with Crippen LogP contribution in [0, 0.1) is 0 Å². The molecule has 0 aromatic carbocycles. The monoisotopic (exact) mass is 301 g/mol. The average molecular weight is 301 g/mol. The Hall–Kier alpha value is -1.62. The Morgan fingerprint density at radius 3 is 3.14 bits per heavy atom. The van der Waals surface area contributed by atoms with E-state index < -0.39 is 0 Å². The smallest absolute Gasteiger partial charge is 0.261 e. The second-order valence-corrected chi connectivity index (χ2v) is 7.11. The van der Waals surface area contributed by atoms with Gasteiger partial charge in [-0.25, -0.2) is 4.98 Å². The van der Waals surface area contributed by atoms with Crippen molar-refractivity contribution in [3.8, 4) is 0 Å². The Balaban J connectivity index is 1.45. The maximum Gasteiger partial charge on any atom is 0.261 e. The minimum Gasteiger partial charge on any atom is -0.347 e. The van der Waals surface area contributed by atoms with Crippen LogP contribution in [0.25, 0.3) is 0 Å². The van der Waals surface area contributed by atoms with Crippen molar-refractivity contribution in [1.29, 1.82) is 0 Å². The first-order valence-electron chi connectivity index (χ1n) is 7.72. The molecule has 4 rings (SSSR count). The molecule has 1 aliphatic carbocycles. The zero-order valence-corrected chi connectivity index (χ0v) is 12.8. The van der Waals surface area contributed by atoms with Crippen molar-refractivity contribution in [1.82, 2.24) is 14.9 Å². The molecule has 1 aliphatic heterocycles. The van der Waals surface area contributed by atoms with E-state index >= 15 is 0 Å². The minimum atomic E-state index is 0.1000. The highest BCUT2D eigenvalue weighted by atomic mass is 32.1. The molecule has 21 heavy (non-hydrogen) atoms. The zero-order chi connectivity index (χ0) is 14.2. The van der Waals surface area contributed by atoms with Gasteiger partial charge in [0.05, 0.1) is 4.88 Å². The number of rotatable bonds is 2. The highest BCUT2D eigenvalue weighted by molar-refractivity contribution is 7.14. The van der Waals surface area contributed by atoms with Gasteiger partial charge in [-0.1, -0.05) is 0 Å². The van der Waals surface area contributed by atoms with Crippen molar-refractivity contribution in [3.05, 3.63) is 39.6 Å². The lowest BCUT2D eigenvalue weighted by Gasteiger charge is -2.24. The molecular weight excluding hydrogens is 282 g/mol. The Kier molecular flexibility index (Phi) is 3.30. The summed E-state index contributed by atoms with van der Waals surface area (Å²) in [5.74, 6) is 1.23. The second-order valence-electron chi connectivity index (χ2n) is 5.97. The van der Waals surface area contributed by atoms with Crippen LogP contribution in [0.1, 0.15) is 45.2 Å². The van der Waals surface area contributed by atoms with E-state index in [0.717, 1.165) is 42.9 Å². The normalized spacial score (nSPS) is 20.7. The predicted molar refractivity (Wildman–Crippen MR) is 82.8 cm³/mol. The van der Waals surface area contributed by atoms with Crippen LogP contribution >= 0.6 is 11.3 Å². The van der Waals surface area contributed by atoms with Gasteiger partial charge in [-0.3, -0.25) is 4.79 Å². The summed E-state index contributed by atoms with van der Waals surface area (Å²) < 4.78 is 2.15. The number of thiophene rings is 1. The second kappa shape index (κ2) is 5.30. The molecule has 0 radical (unpaired) electrons. The lowest BCUT2D eigenvalue weighted by Crippen LogP contribution is -2.40. The summed E-state index contributed by atoms with van der Waals surface area (Å²) in [5.41, 5.74) is 1.40. The number of carbonyl (C=O) groups is 1. The Bertz CT molecular complexity index is 649. The molecule has 1 N–H and O–H groups in total. The number of aromatic nitrogens is 2. The van der Waals surface area contributed by atoms with Gasteiger partial charge in [-0.15, -0.1) is 11.3 Å². The molecule has 0 saturated heterocycles. The quantitative estimate of drug-likeness (QED) is 0.926. The van der Waals surface area contributed by atoms with E-state index in [0.29, 0.717) is 0 Å². The van der Waals surface area contributed by atoms with Crippen molar-refractivity contribution in [2.75, 3.05) is 0 Å². The fourth-order valence-corrected chi connectivity index (χ4v) is 4.50. The molecule has 0 bridgehead atoms. The van der Waals surface area contributed by atoms with Crippen molar-refractivity contribution < 1.29 is 4.79 Å². The largest absolute Gasteiger partial charge is 0.347 e. The summed E-state index contributed by atoms with van der Waals surface area (Å²) in [6, 6.07) is 2.33. The van der Waals surface area contributed by atoms with Crippen LogP contribution in [0.5, 0.6) is 0 Å². The number of hydrogen-bond acceptors (Lipinski definition) is 3. The average Bonchev–Trinajstić information content (AvgIpc) is 3.13. The minimum absolute atomic E-state index is 0.1000. The van der Waals surface area contributed by atoms with Crippen LogP contribution in [-0.2, 0) is 25.8 Å². The number of nitrogens with zero attached hydrogens (tertiary/aromatic N) is 2. The summed E-state index contributed by atoms with van der Waals surface area (Å²) in [4.78, 5) is 19.1. The van der Waals surface area contributed by atoms with Crippen LogP contribution in [0.2, 0.25) is 0 Å². The van der Waals surface area contributed by atoms with E-state index in [1.807, 2.05) is 12.4 Å². The molecule has 1 amide bonds. The Morgan fingerprint density at radius 2 is 2.24 bits per heavy atom. The highest BCUT2D eigenvalue weighted by Gasteiger charge is 2.23. The number of fused-ring (bicyclic) bond motifs is 2. The molecule has 2 aromatic heterocycles. The molecule has 4 nitrogen and oxygen atoms in total. The van der Waals surface area contributed by atoms with Gasteiger partial charge in [-0.05, 0) is 43.7 Å². The number of hydrogen-bond donors (Lipinski definition) is 1. The van der Waals surface area contributed by atoms with Crippen LogP contribution in [0.4, 0.5) is 0 Å². The number of amides is 1. The summed E-state index contributed by atoms with van der Waals surface area (Å²) in [6.07, 6.45) is 10.6. The van der Waals surface area contributed by atoms with Gasteiger partial charge in [0.25, 0.3) is 5.91 Å². The molecular formula is C16H19N3OS. The van der Waals surface area contributed by atoms with Gasteiger partial charge in [0, 0.05) is 36.3 Å². The van der Waals surface area contributed by atoms with E-state index in [2.05, 4.69) is 20.9 Å². The van der Waals surface area contributed by atoms with Crippen molar-refractivity contribution >= 4 is 17.2 Å². The Morgan fingerprint density at radius 1 is 1.33 bits per heavy atom. The zero-order valence-electron chi connectivity index (χ0n) is 12.0. The first-order chi connectivity index (χ1) is 10.3. The molecule has 0 unspecified atom stereocenters. The third-order valence-electron chi connectivity index (χ3n) is 4.49. The van der Waals surface area contributed by atoms with E-state index in [1.165, 1.54) is 23.3 Å². The van der Waals surface area contributed by atoms with E-state index in [1.54, 1.807) is 11.3 Å². The van der Waals surface area contributed by atoms with E-state index in [9.17, 15) is 4.79 Å². The molecule has 110 valence electrons. The summed E-state index contributed by atoms with van der Waals surface area (Å²) in [6.45, 7) is 0.839. The van der Waals surface area contributed by atoms with Gasteiger partial charge < -0.3 is 9.88 Å². The fourth-order valence-electron chi connectivity index (χ4n) is 3.34. The molecule has 0 spiro atoms. The van der Waals surface area contributed by atoms with Gasteiger partial charge in [-0.2, -0.15) is 0 Å². The van der Waals surface area contributed by atoms with Crippen LogP contribution < -0.4 is 5.32 Å². The highest BCUT2D eigenvalue weighted by Crippen LogP contribution is 2.29. The lowest BCUT2D eigenvalue weighted by atomic mass is 9.99. The molecule has 0 saturated carbocycles. The van der Waals surface area contributed by atoms with Crippen molar-refractivity contribution in [2.45, 2.75) is 51.1 Å². The topological polar surface area (TPSA) is 46.9 Å². The molecule has 2 aromatic rings. The number of aryl methyl sites for hydroxylation is 3. The summed E-state index contributed by atoms with van der Waals surface area (Å²) in [5, 5.41) is 3.20. The first-order valence-corrected chi connectivity index (χ1v) is 8.54. The third kappa shape index (κ3) is 2.50. The lowest BCUT2D eigenvalue weighted by molar-refractivity contribution is 0.0931. The van der Waals surface area contributed by atoms with E-state index in [-0.39, 0.29) is 11.9 Å². The number of nitrogens with one attached hydrogen (secondary N) is 1. The summed E-state index contributed by atoms with van der Waals surface area (Å²) in [7, 11) is 0. The maximum absolute atomic E-state index is 12.5. The predicted octanol–water partition coefficient (Wildman–Crippen LogP) is 2.57. The third-order valence-corrected chi connectivity index (χ3v) is 5.73. The van der Waals surface area contributed by atoms with Crippen LogP contribution in [-0.4, -0.2) is 21.5 Å². The van der Waals surface area contributed by atoms with E-state index in [4.69, 9.17) is 0 Å². The number of imidazole rings is 1. The molecule has 3 heterocycles. The molecule has 5 heteroatoms. The SMILES string of the molecule is O=C(N[C@H]1CCc2nccn2C1)c1cc2c(s1)CCCC2. The van der Waals surface area contributed by atoms with Gasteiger partial charge in [0.2, 0.25) is 0 Å². The van der Waals surface area contributed by atoms with Gasteiger partial charge in [0.15, 0.2) is 0 Å². The maximum atomic E-state index is 12.5. The Labute approximate surface area is 128 Å². The standard InChI is InChI=1S/C16H19N3OS/c20-16(14-9-11-3-1-2-4-13(11)21-14)18-12-5-6-15-17-7-8-19(15)10-12/h7-9,12H,1-6,10H2,(H,18,20)/t12-/m0/s1. The molecule has 2 aliphatic rings. The van der Waals surface area contributed by atoms with Gasteiger partial charge in [0.1, 0.15) is 5.82 Å². The summed E-state index contributed by atoms with van der Waals surface area (Å²) >= 11 is 1.69. The van der Waals surface area contributed by atoms with Gasteiger partial charge >= 0.3 is 0 Å². The number of carbonyl (C=O) groups excluding carboxylic acids is 1. The van der Waals surface area contributed by atoms with Crippen LogP contribution in [0.3, 0.4) is 0 Å². The molecule has 0 fully saturated rings.